The van der Waals surface area contributed by atoms with E-state index >= 15 is 0 Å². The maximum Gasteiger partial charge on any atom is 0.231 e. The molecule has 4 heteroatoms. The number of aryl methyl sites for hydroxylation is 5. The molecule has 0 bridgehead atoms. The van der Waals surface area contributed by atoms with Gasteiger partial charge in [-0.15, -0.1) is 0 Å². The molecule has 2 aliphatic rings. The van der Waals surface area contributed by atoms with Crippen molar-refractivity contribution in [1.29, 1.82) is 0 Å². The van der Waals surface area contributed by atoms with Crippen LogP contribution in [0.25, 0.3) is 43.2 Å². The molecule has 10 rings (SSSR count). The largest absolute Gasteiger partial charge is 0.493 e. The van der Waals surface area contributed by atoms with Crippen molar-refractivity contribution >= 4 is 43.2 Å². The van der Waals surface area contributed by atoms with Gasteiger partial charge in [0.05, 0.1) is 6.61 Å². The lowest BCUT2D eigenvalue weighted by Gasteiger charge is -2.16. The molecule has 0 aliphatic carbocycles. The summed E-state index contributed by atoms with van der Waals surface area (Å²) in [6, 6.07) is 45.2. The first-order chi connectivity index (χ1) is 24.4. The lowest BCUT2D eigenvalue weighted by molar-refractivity contribution is 0.174. The van der Waals surface area contributed by atoms with Gasteiger partial charge < -0.3 is 19.2 Å². The molecule has 7 aromatic carbocycles. The van der Waals surface area contributed by atoms with E-state index in [1.54, 1.807) is 0 Å². The molecule has 0 radical (unpaired) electrons. The smallest absolute Gasteiger partial charge is 0.231 e. The van der Waals surface area contributed by atoms with Gasteiger partial charge in [0, 0.05) is 11.7 Å². The lowest BCUT2D eigenvalue weighted by atomic mass is 9.99. The van der Waals surface area contributed by atoms with Gasteiger partial charge in [-0.25, -0.2) is 0 Å². The zero-order valence-corrected chi connectivity index (χ0v) is 29.3. The van der Waals surface area contributed by atoms with Gasteiger partial charge in [0.1, 0.15) is 5.75 Å². The molecule has 0 unspecified atom stereocenters. The Morgan fingerprint density at radius 1 is 0.426 bits per heavy atom. The number of aromatic amines is 1. The van der Waals surface area contributed by atoms with Gasteiger partial charge in [-0.3, -0.25) is 0 Å². The quantitative estimate of drug-likeness (QED) is 0.159. The fraction of sp³-hybridized carbons (Fsp3) is 0.240. The fourth-order valence-electron chi connectivity index (χ4n) is 6.42. The Balaban J connectivity index is 0.000000197. The number of hydrogen-bond donors (Lipinski definition) is 1. The number of aromatic nitrogens is 1. The Kier molecular flexibility index (Phi) is 15.3. The Hall–Kier alpha value is -5.74. The first kappa shape index (κ1) is 42.7. The summed E-state index contributed by atoms with van der Waals surface area (Å²) in [5.74, 6) is 2.81. The van der Waals surface area contributed by atoms with Gasteiger partial charge in [0.15, 0.2) is 11.5 Å². The van der Waals surface area contributed by atoms with Crippen LogP contribution in [0.3, 0.4) is 0 Å². The summed E-state index contributed by atoms with van der Waals surface area (Å²) in [5, 5.41) is 9.16. The van der Waals surface area contributed by atoms with E-state index in [1.165, 1.54) is 77.5 Å². The zero-order valence-electron chi connectivity index (χ0n) is 29.3. The van der Waals surface area contributed by atoms with E-state index in [0.717, 1.165) is 30.3 Å². The highest BCUT2D eigenvalue weighted by molar-refractivity contribution is 6.04. The van der Waals surface area contributed by atoms with Gasteiger partial charge in [0.2, 0.25) is 6.79 Å². The third kappa shape index (κ3) is 10.2. The minimum Gasteiger partial charge on any atom is -0.493 e. The lowest BCUT2D eigenvalue weighted by Crippen LogP contribution is -2.07. The van der Waals surface area contributed by atoms with Crippen molar-refractivity contribution in [2.24, 2.45) is 0 Å². The molecule has 1 N–H and O–H groups in total. The second-order valence-electron chi connectivity index (χ2n) is 13.2. The molecular formula is C50H59NO3. The normalized spacial score (nSPS) is 11.6. The van der Waals surface area contributed by atoms with E-state index < -0.39 is 0 Å². The number of hydrogen-bond acceptors (Lipinski definition) is 3. The number of fused-ring (bicyclic) bond motifs is 6. The molecule has 0 atom stereocenters. The average molecular weight is 722 g/mol. The molecular weight excluding hydrogens is 663 g/mol. The topological polar surface area (TPSA) is 43.5 Å². The Labute approximate surface area is 323 Å². The van der Waals surface area contributed by atoms with E-state index in [1.807, 2.05) is 31.3 Å². The van der Waals surface area contributed by atoms with Crippen LogP contribution in [-0.4, -0.2) is 18.4 Å². The van der Waals surface area contributed by atoms with Crippen molar-refractivity contribution in [2.45, 2.75) is 70.2 Å². The molecule has 282 valence electrons. The van der Waals surface area contributed by atoms with Crippen LogP contribution in [0.2, 0.25) is 0 Å². The summed E-state index contributed by atoms with van der Waals surface area (Å²) in [6.45, 7) is 9.61. The van der Waals surface area contributed by atoms with E-state index in [0.29, 0.717) is 6.79 Å². The molecule has 1 aromatic heterocycles. The summed E-state index contributed by atoms with van der Waals surface area (Å²) in [7, 11) is 0. The Morgan fingerprint density at radius 2 is 0.944 bits per heavy atom. The van der Waals surface area contributed by atoms with Crippen LogP contribution in [0.15, 0.2) is 134 Å². The van der Waals surface area contributed by atoms with Crippen LogP contribution >= 0.6 is 0 Å². The van der Waals surface area contributed by atoms with Crippen molar-refractivity contribution in [3.8, 4) is 17.2 Å². The number of nitrogens with one attached hydrogen (secondary N) is 1. The highest BCUT2D eigenvalue weighted by atomic mass is 16.7. The van der Waals surface area contributed by atoms with Crippen LogP contribution in [-0.2, 0) is 6.42 Å². The zero-order chi connectivity index (χ0) is 34.5. The van der Waals surface area contributed by atoms with Gasteiger partial charge >= 0.3 is 0 Å². The SMILES string of the molecule is C.C.C.C.Cc1ccc2c(c1)OCCC2.Cc1ccc2c(c1)OCO2.Cc1ccc2cc3cc4ccccc4cc3cc2c1.Cc1ccc2cc[nH]c2c1. The van der Waals surface area contributed by atoms with E-state index in [-0.39, 0.29) is 29.7 Å². The molecule has 0 amide bonds. The maximum atomic E-state index is 5.50. The van der Waals surface area contributed by atoms with E-state index in [9.17, 15) is 0 Å². The number of ether oxygens (including phenoxy) is 3. The monoisotopic (exact) mass is 721 g/mol. The molecule has 0 saturated heterocycles. The highest BCUT2D eigenvalue weighted by Gasteiger charge is 2.11. The maximum absolute atomic E-state index is 5.50. The first-order valence-electron chi connectivity index (χ1n) is 17.3. The number of H-pyrrole nitrogens is 1. The van der Waals surface area contributed by atoms with Crippen molar-refractivity contribution in [3.05, 3.63) is 161 Å². The van der Waals surface area contributed by atoms with Gasteiger partial charge in [-0.05, 0) is 155 Å². The third-order valence-corrected chi connectivity index (χ3v) is 9.12. The first-order valence-corrected chi connectivity index (χ1v) is 17.3. The molecule has 54 heavy (non-hydrogen) atoms. The van der Waals surface area contributed by atoms with Gasteiger partial charge in [0.25, 0.3) is 0 Å². The third-order valence-electron chi connectivity index (χ3n) is 9.12. The van der Waals surface area contributed by atoms with E-state index in [4.69, 9.17) is 14.2 Å². The predicted molar refractivity (Wildman–Crippen MR) is 236 cm³/mol. The van der Waals surface area contributed by atoms with Gasteiger partial charge in [-0.1, -0.05) is 108 Å². The highest BCUT2D eigenvalue weighted by Crippen LogP contribution is 2.32. The minimum atomic E-state index is 0. The second kappa shape index (κ2) is 19.4. The summed E-state index contributed by atoms with van der Waals surface area (Å²) < 4.78 is 15.8. The average Bonchev–Trinajstić information content (AvgIpc) is 3.80. The van der Waals surface area contributed by atoms with Crippen molar-refractivity contribution in [3.63, 3.8) is 0 Å². The Bertz CT molecular complexity index is 2420. The van der Waals surface area contributed by atoms with Crippen molar-refractivity contribution in [2.75, 3.05) is 13.4 Å². The van der Waals surface area contributed by atoms with Crippen LogP contribution in [0.5, 0.6) is 17.2 Å². The molecule has 2 aliphatic heterocycles. The Morgan fingerprint density at radius 3 is 1.65 bits per heavy atom. The standard InChI is InChI=1S/C19H14.C10H12O.C9H9N.C8H8O2.4CH4/c1-13-6-7-16-11-18-9-14-4-2-3-5-15(14)10-19(18)12-17(16)8-13;1-8-4-5-9-3-2-6-11-10(9)7-8;1-7-2-3-8-4-5-10-9(8)6-7;1-6-2-3-7-8(4-6)10-5-9-7;;;;/h2-12H,1H3;4-5,7H,2-3,6H2,1H3;2-6,10H,1H3;2-4H,5H2,1H3;4*1H4. The number of rotatable bonds is 0. The van der Waals surface area contributed by atoms with E-state index in [2.05, 4.69) is 135 Å². The van der Waals surface area contributed by atoms with Crippen LogP contribution in [0.4, 0.5) is 0 Å². The summed E-state index contributed by atoms with van der Waals surface area (Å²) >= 11 is 0. The fourth-order valence-corrected chi connectivity index (χ4v) is 6.42. The molecule has 4 nitrogen and oxygen atoms in total. The van der Waals surface area contributed by atoms with Gasteiger partial charge in [-0.2, -0.15) is 0 Å². The minimum absolute atomic E-state index is 0. The molecule has 3 heterocycles. The van der Waals surface area contributed by atoms with Crippen LogP contribution in [0, 0.1) is 27.7 Å². The second-order valence-corrected chi connectivity index (χ2v) is 13.2. The summed E-state index contributed by atoms with van der Waals surface area (Å²) in [5.41, 5.74) is 7.68. The van der Waals surface area contributed by atoms with Crippen LogP contribution < -0.4 is 14.2 Å². The van der Waals surface area contributed by atoms with Crippen molar-refractivity contribution < 1.29 is 14.2 Å². The summed E-state index contributed by atoms with van der Waals surface area (Å²) in [4.78, 5) is 3.16. The molecule has 0 fully saturated rings. The molecule has 8 aromatic rings. The molecule has 0 spiro atoms. The van der Waals surface area contributed by atoms with Crippen molar-refractivity contribution in [1.82, 2.24) is 4.98 Å². The van der Waals surface area contributed by atoms with Crippen LogP contribution in [0.1, 0.15) is 63.9 Å². The molecule has 0 saturated carbocycles. The number of benzene rings is 7. The predicted octanol–water partition coefficient (Wildman–Crippen LogP) is 14.5. The summed E-state index contributed by atoms with van der Waals surface area (Å²) in [6.07, 6.45) is 4.30.